The summed E-state index contributed by atoms with van der Waals surface area (Å²) in [6.45, 7) is 1.92. The predicted octanol–water partition coefficient (Wildman–Crippen LogP) is 4.24. The van der Waals surface area contributed by atoms with Crippen LogP contribution in [0.2, 0.25) is 0 Å². The Bertz CT molecular complexity index is 899. The average molecular weight is 320 g/mol. The number of non-ortho nitro benzene ring substituents is 1. The van der Waals surface area contributed by atoms with E-state index in [0.717, 1.165) is 16.3 Å². The maximum atomic E-state index is 12.4. The molecule has 0 unspecified atom stereocenters. The monoisotopic (exact) mass is 320 g/mol. The molecular weight excluding hydrogens is 304 g/mol. The van der Waals surface area contributed by atoms with Gasteiger partial charge >= 0.3 is 0 Å². The van der Waals surface area contributed by atoms with Crippen LogP contribution >= 0.6 is 0 Å². The van der Waals surface area contributed by atoms with Crippen LogP contribution in [-0.2, 0) is 0 Å². The number of amides is 1. The summed E-state index contributed by atoms with van der Waals surface area (Å²) < 4.78 is 0. The van der Waals surface area contributed by atoms with Gasteiger partial charge in [-0.2, -0.15) is 0 Å². The molecule has 1 N–H and O–H groups in total. The van der Waals surface area contributed by atoms with Gasteiger partial charge in [-0.05, 0) is 35.4 Å². The Labute approximate surface area is 139 Å². The van der Waals surface area contributed by atoms with Crippen LogP contribution in [0.25, 0.3) is 10.8 Å². The lowest BCUT2D eigenvalue weighted by Gasteiger charge is -2.16. The van der Waals surface area contributed by atoms with Crippen LogP contribution in [0.4, 0.5) is 5.69 Å². The second-order valence-corrected chi connectivity index (χ2v) is 5.57. The van der Waals surface area contributed by atoms with Crippen molar-refractivity contribution in [1.29, 1.82) is 0 Å². The van der Waals surface area contributed by atoms with Gasteiger partial charge in [0.25, 0.3) is 11.6 Å². The minimum absolute atomic E-state index is 0.0337. The van der Waals surface area contributed by atoms with Gasteiger partial charge in [-0.3, -0.25) is 14.9 Å². The summed E-state index contributed by atoms with van der Waals surface area (Å²) in [5.41, 5.74) is 1.39. The van der Waals surface area contributed by atoms with E-state index >= 15 is 0 Å². The molecular formula is C19H16N2O3. The average Bonchev–Trinajstić information content (AvgIpc) is 2.61. The van der Waals surface area contributed by atoms with Crippen LogP contribution in [-0.4, -0.2) is 10.8 Å². The number of rotatable bonds is 4. The van der Waals surface area contributed by atoms with Crippen molar-refractivity contribution in [2.45, 2.75) is 13.0 Å². The van der Waals surface area contributed by atoms with Crippen LogP contribution in [0.5, 0.6) is 0 Å². The van der Waals surface area contributed by atoms with Gasteiger partial charge in [-0.15, -0.1) is 0 Å². The highest BCUT2D eigenvalue weighted by Gasteiger charge is 2.14. The first-order valence-corrected chi connectivity index (χ1v) is 7.59. The van der Waals surface area contributed by atoms with Crippen LogP contribution in [0.3, 0.4) is 0 Å². The third-order valence-electron chi connectivity index (χ3n) is 3.98. The van der Waals surface area contributed by atoms with Gasteiger partial charge in [0.15, 0.2) is 0 Å². The van der Waals surface area contributed by atoms with Gasteiger partial charge in [-0.25, -0.2) is 0 Å². The van der Waals surface area contributed by atoms with Crippen molar-refractivity contribution in [3.05, 3.63) is 88.0 Å². The molecule has 120 valence electrons. The van der Waals surface area contributed by atoms with Gasteiger partial charge in [0.05, 0.1) is 11.0 Å². The molecule has 0 saturated heterocycles. The molecule has 0 aliphatic heterocycles. The molecule has 1 atom stereocenters. The number of nitrogens with zero attached hydrogens (tertiary/aromatic N) is 1. The Kier molecular flexibility index (Phi) is 4.24. The molecule has 0 aliphatic rings. The maximum Gasteiger partial charge on any atom is 0.269 e. The quantitative estimate of drug-likeness (QED) is 0.577. The van der Waals surface area contributed by atoms with E-state index in [1.807, 2.05) is 49.4 Å². The summed E-state index contributed by atoms with van der Waals surface area (Å²) in [6, 6.07) is 19.4. The van der Waals surface area contributed by atoms with Gasteiger partial charge in [0.1, 0.15) is 0 Å². The lowest BCUT2D eigenvalue weighted by molar-refractivity contribution is -0.384. The zero-order valence-corrected chi connectivity index (χ0v) is 13.1. The third kappa shape index (κ3) is 3.10. The highest BCUT2D eigenvalue weighted by Crippen LogP contribution is 2.24. The van der Waals surface area contributed by atoms with Crippen LogP contribution < -0.4 is 5.32 Å². The Morgan fingerprint density at radius 2 is 1.67 bits per heavy atom. The molecule has 0 aromatic heterocycles. The first-order valence-electron chi connectivity index (χ1n) is 7.59. The molecule has 0 bridgehead atoms. The summed E-state index contributed by atoms with van der Waals surface area (Å²) in [4.78, 5) is 22.6. The molecule has 24 heavy (non-hydrogen) atoms. The lowest BCUT2D eigenvalue weighted by Crippen LogP contribution is -2.26. The molecule has 1 amide bonds. The summed E-state index contributed by atoms with van der Waals surface area (Å²) in [7, 11) is 0. The number of fused-ring (bicyclic) bond motifs is 1. The van der Waals surface area contributed by atoms with E-state index in [9.17, 15) is 14.9 Å². The number of nitrogens with one attached hydrogen (secondary N) is 1. The van der Waals surface area contributed by atoms with E-state index in [-0.39, 0.29) is 17.6 Å². The fraction of sp³-hybridized carbons (Fsp3) is 0.105. The molecule has 0 saturated carbocycles. The SMILES string of the molecule is C[C@H](NC(=O)c1ccc([N+](=O)[O-])cc1)c1cccc2ccccc12. The molecule has 3 aromatic rings. The summed E-state index contributed by atoms with van der Waals surface area (Å²) in [5, 5.41) is 15.8. The summed E-state index contributed by atoms with van der Waals surface area (Å²) in [5.74, 6) is -0.259. The molecule has 5 nitrogen and oxygen atoms in total. The highest BCUT2D eigenvalue weighted by molar-refractivity contribution is 5.95. The number of nitro groups is 1. The van der Waals surface area contributed by atoms with Crippen molar-refractivity contribution in [2.24, 2.45) is 0 Å². The molecule has 0 aliphatic carbocycles. The third-order valence-corrected chi connectivity index (χ3v) is 3.98. The van der Waals surface area contributed by atoms with E-state index in [4.69, 9.17) is 0 Å². The van der Waals surface area contributed by atoms with Gasteiger partial charge in [0.2, 0.25) is 0 Å². The number of benzene rings is 3. The molecule has 0 radical (unpaired) electrons. The minimum Gasteiger partial charge on any atom is -0.345 e. The van der Waals surface area contributed by atoms with Crippen molar-refractivity contribution in [3.8, 4) is 0 Å². The van der Waals surface area contributed by atoms with E-state index in [2.05, 4.69) is 5.32 Å². The Morgan fingerprint density at radius 1 is 1.00 bits per heavy atom. The number of carbonyl (C=O) groups excluding carboxylic acids is 1. The van der Waals surface area contributed by atoms with E-state index in [1.54, 1.807) is 0 Å². The molecule has 0 heterocycles. The number of carbonyl (C=O) groups is 1. The summed E-state index contributed by atoms with van der Waals surface area (Å²) in [6.07, 6.45) is 0. The first kappa shape index (κ1) is 15.7. The Morgan fingerprint density at radius 3 is 2.38 bits per heavy atom. The van der Waals surface area contributed by atoms with E-state index in [0.29, 0.717) is 5.56 Å². The Hall–Kier alpha value is -3.21. The minimum atomic E-state index is -0.486. The van der Waals surface area contributed by atoms with Crippen molar-refractivity contribution >= 4 is 22.4 Å². The van der Waals surface area contributed by atoms with Gasteiger partial charge in [0, 0.05) is 17.7 Å². The Balaban J connectivity index is 1.82. The molecule has 0 fully saturated rings. The number of nitro benzene ring substituents is 1. The molecule has 3 aromatic carbocycles. The van der Waals surface area contributed by atoms with Crippen molar-refractivity contribution < 1.29 is 9.72 Å². The van der Waals surface area contributed by atoms with Crippen LogP contribution in [0.1, 0.15) is 28.9 Å². The first-order chi connectivity index (χ1) is 11.6. The zero-order valence-electron chi connectivity index (χ0n) is 13.1. The van der Waals surface area contributed by atoms with Crippen LogP contribution in [0, 0.1) is 10.1 Å². The van der Waals surface area contributed by atoms with Gasteiger partial charge < -0.3 is 5.32 Å². The fourth-order valence-electron chi connectivity index (χ4n) is 2.72. The van der Waals surface area contributed by atoms with Crippen molar-refractivity contribution in [1.82, 2.24) is 5.32 Å². The molecule has 0 spiro atoms. The number of hydrogen-bond acceptors (Lipinski definition) is 3. The molecule has 3 rings (SSSR count). The number of hydrogen-bond donors (Lipinski definition) is 1. The van der Waals surface area contributed by atoms with Gasteiger partial charge in [-0.1, -0.05) is 42.5 Å². The maximum absolute atomic E-state index is 12.4. The second-order valence-electron chi connectivity index (χ2n) is 5.57. The van der Waals surface area contributed by atoms with E-state index < -0.39 is 4.92 Å². The smallest absolute Gasteiger partial charge is 0.269 e. The zero-order chi connectivity index (χ0) is 17.1. The van der Waals surface area contributed by atoms with Crippen molar-refractivity contribution in [3.63, 3.8) is 0 Å². The predicted molar refractivity (Wildman–Crippen MR) is 92.9 cm³/mol. The largest absolute Gasteiger partial charge is 0.345 e. The topological polar surface area (TPSA) is 72.2 Å². The fourth-order valence-corrected chi connectivity index (χ4v) is 2.72. The molecule has 5 heteroatoms. The van der Waals surface area contributed by atoms with Crippen LogP contribution in [0.15, 0.2) is 66.7 Å². The highest BCUT2D eigenvalue weighted by atomic mass is 16.6. The normalized spacial score (nSPS) is 11.9. The standard InChI is InChI=1S/C19H16N2O3/c1-13(17-8-4-6-14-5-2-3-7-18(14)17)20-19(22)15-9-11-16(12-10-15)21(23)24/h2-13H,1H3,(H,20,22)/t13-/m0/s1. The van der Waals surface area contributed by atoms with Crippen molar-refractivity contribution in [2.75, 3.05) is 0 Å². The summed E-state index contributed by atoms with van der Waals surface area (Å²) >= 11 is 0. The second kappa shape index (κ2) is 6.50. The van der Waals surface area contributed by atoms with E-state index in [1.165, 1.54) is 24.3 Å². The lowest BCUT2D eigenvalue weighted by atomic mass is 9.99.